The SMILES string of the molecule is CCc1sc(C(=O)Nc2ccc(Br)cc2F)cc1C. The number of aryl methyl sites for hydroxylation is 2. The van der Waals surface area contributed by atoms with Crippen LogP contribution in [0.25, 0.3) is 0 Å². The quantitative estimate of drug-likeness (QED) is 0.855. The van der Waals surface area contributed by atoms with Crippen molar-refractivity contribution in [3.63, 3.8) is 0 Å². The van der Waals surface area contributed by atoms with Crippen molar-refractivity contribution < 1.29 is 9.18 Å². The number of anilines is 1. The van der Waals surface area contributed by atoms with E-state index >= 15 is 0 Å². The second kappa shape index (κ2) is 5.84. The Balaban J connectivity index is 2.20. The van der Waals surface area contributed by atoms with Gasteiger partial charge in [-0.25, -0.2) is 4.39 Å². The number of carbonyl (C=O) groups excluding carboxylic acids is 1. The summed E-state index contributed by atoms with van der Waals surface area (Å²) in [6.07, 6.45) is 0.899. The summed E-state index contributed by atoms with van der Waals surface area (Å²) < 4.78 is 14.3. The van der Waals surface area contributed by atoms with Crippen molar-refractivity contribution in [2.45, 2.75) is 20.3 Å². The van der Waals surface area contributed by atoms with E-state index in [1.54, 1.807) is 12.1 Å². The Morgan fingerprint density at radius 2 is 2.16 bits per heavy atom. The first-order valence-electron chi connectivity index (χ1n) is 5.87. The molecule has 1 amide bonds. The van der Waals surface area contributed by atoms with Gasteiger partial charge in [0.15, 0.2) is 0 Å². The molecule has 0 aliphatic carbocycles. The van der Waals surface area contributed by atoms with Crippen molar-refractivity contribution in [1.29, 1.82) is 0 Å². The number of nitrogens with one attached hydrogen (secondary N) is 1. The molecular weight excluding hydrogens is 329 g/mol. The van der Waals surface area contributed by atoms with Crippen LogP contribution in [0.3, 0.4) is 0 Å². The third-order valence-electron chi connectivity index (χ3n) is 2.74. The fraction of sp³-hybridized carbons (Fsp3) is 0.214. The van der Waals surface area contributed by atoms with Crippen LogP contribution >= 0.6 is 27.3 Å². The monoisotopic (exact) mass is 341 g/mol. The maximum atomic E-state index is 13.6. The summed E-state index contributed by atoms with van der Waals surface area (Å²) in [6.45, 7) is 4.03. The predicted octanol–water partition coefficient (Wildman–Crippen LogP) is 4.77. The van der Waals surface area contributed by atoms with E-state index in [-0.39, 0.29) is 11.6 Å². The van der Waals surface area contributed by atoms with Gasteiger partial charge in [0.05, 0.1) is 10.6 Å². The van der Waals surface area contributed by atoms with E-state index in [2.05, 4.69) is 28.2 Å². The maximum Gasteiger partial charge on any atom is 0.265 e. The minimum Gasteiger partial charge on any atom is -0.319 e. The fourth-order valence-corrected chi connectivity index (χ4v) is 3.10. The predicted molar refractivity (Wildman–Crippen MR) is 80.5 cm³/mol. The van der Waals surface area contributed by atoms with Crippen LogP contribution in [0, 0.1) is 12.7 Å². The topological polar surface area (TPSA) is 29.1 Å². The van der Waals surface area contributed by atoms with Crippen molar-refractivity contribution in [2.75, 3.05) is 5.32 Å². The van der Waals surface area contributed by atoms with Crippen LogP contribution < -0.4 is 5.32 Å². The minimum atomic E-state index is -0.452. The van der Waals surface area contributed by atoms with E-state index in [4.69, 9.17) is 0 Å². The lowest BCUT2D eigenvalue weighted by atomic mass is 10.2. The largest absolute Gasteiger partial charge is 0.319 e. The van der Waals surface area contributed by atoms with Crippen LogP contribution in [0.5, 0.6) is 0 Å². The maximum absolute atomic E-state index is 13.6. The Morgan fingerprint density at radius 1 is 1.42 bits per heavy atom. The summed E-state index contributed by atoms with van der Waals surface area (Å²) in [7, 11) is 0. The molecule has 0 atom stereocenters. The molecule has 0 bridgehead atoms. The summed E-state index contributed by atoms with van der Waals surface area (Å²) in [6, 6.07) is 6.40. The minimum absolute atomic E-state index is 0.192. The molecule has 100 valence electrons. The zero-order chi connectivity index (χ0) is 14.0. The van der Waals surface area contributed by atoms with E-state index in [9.17, 15) is 9.18 Å². The summed E-state index contributed by atoms with van der Waals surface area (Å²) in [5, 5.41) is 2.59. The Labute approximate surface area is 123 Å². The molecule has 0 saturated heterocycles. The van der Waals surface area contributed by atoms with Gasteiger partial charge in [0.2, 0.25) is 0 Å². The number of hydrogen-bond donors (Lipinski definition) is 1. The Morgan fingerprint density at radius 3 is 2.74 bits per heavy atom. The smallest absolute Gasteiger partial charge is 0.265 e. The standard InChI is InChI=1S/C14H13BrFNOS/c1-3-12-8(2)6-13(19-12)14(18)17-11-5-4-9(15)7-10(11)16/h4-7H,3H2,1-2H3,(H,17,18). The van der Waals surface area contributed by atoms with E-state index in [0.29, 0.717) is 9.35 Å². The molecule has 0 saturated carbocycles. The molecule has 2 aromatic rings. The second-order valence-electron chi connectivity index (χ2n) is 4.15. The lowest BCUT2D eigenvalue weighted by Gasteiger charge is -2.05. The van der Waals surface area contributed by atoms with Gasteiger partial charge < -0.3 is 5.32 Å². The zero-order valence-electron chi connectivity index (χ0n) is 10.6. The van der Waals surface area contributed by atoms with Gasteiger partial charge in [0, 0.05) is 9.35 Å². The molecule has 1 aromatic heterocycles. The number of hydrogen-bond acceptors (Lipinski definition) is 2. The first-order chi connectivity index (χ1) is 9.01. The van der Waals surface area contributed by atoms with Crippen LogP contribution in [0.1, 0.15) is 27.0 Å². The van der Waals surface area contributed by atoms with Gasteiger partial charge in [-0.2, -0.15) is 0 Å². The highest BCUT2D eigenvalue weighted by atomic mass is 79.9. The zero-order valence-corrected chi connectivity index (χ0v) is 13.0. The Hall–Kier alpha value is -1.20. The number of carbonyl (C=O) groups is 1. The van der Waals surface area contributed by atoms with Gasteiger partial charge in [-0.05, 0) is 43.2 Å². The lowest BCUT2D eigenvalue weighted by Crippen LogP contribution is -2.11. The number of benzene rings is 1. The van der Waals surface area contributed by atoms with Gasteiger partial charge in [0.1, 0.15) is 5.82 Å². The molecule has 1 N–H and O–H groups in total. The molecule has 0 fully saturated rings. The van der Waals surface area contributed by atoms with Crippen LogP contribution in [-0.2, 0) is 6.42 Å². The van der Waals surface area contributed by atoms with Crippen LogP contribution in [0.4, 0.5) is 10.1 Å². The number of amides is 1. The molecule has 0 radical (unpaired) electrons. The first kappa shape index (κ1) is 14.2. The summed E-state index contributed by atoms with van der Waals surface area (Å²) in [4.78, 5) is 13.8. The number of halogens is 2. The summed E-state index contributed by atoms with van der Waals surface area (Å²) in [5.41, 5.74) is 1.30. The summed E-state index contributed by atoms with van der Waals surface area (Å²) in [5.74, 6) is -0.722. The first-order valence-corrected chi connectivity index (χ1v) is 7.48. The van der Waals surface area contributed by atoms with Gasteiger partial charge in [-0.3, -0.25) is 4.79 Å². The molecule has 0 unspecified atom stereocenters. The molecule has 1 aromatic carbocycles. The fourth-order valence-electron chi connectivity index (χ4n) is 1.76. The molecule has 2 rings (SSSR count). The summed E-state index contributed by atoms with van der Waals surface area (Å²) >= 11 is 4.63. The van der Waals surface area contributed by atoms with E-state index in [1.165, 1.54) is 22.3 Å². The van der Waals surface area contributed by atoms with Crippen LogP contribution in [-0.4, -0.2) is 5.91 Å². The van der Waals surface area contributed by atoms with Gasteiger partial charge in [-0.1, -0.05) is 22.9 Å². The van der Waals surface area contributed by atoms with Crippen molar-refractivity contribution in [3.05, 3.63) is 49.9 Å². The van der Waals surface area contributed by atoms with Gasteiger partial charge in [-0.15, -0.1) is 11.3 Å². The third kappa shape index (κ3) is 3.22. The average Bonchev–Trinajstić information content (AvgIpc) is 2.74. The Bertz CT molecular complexity index is 624. The average molecular weight is 342 g/mol. The van der Waals surface area contributed by atoms with Crippen LogP contribution in [0.15, 0.2) is 28.7 Å². The molecule has 5 heteroatoms. The van der Waals surface area contributed by atoms with Crippen molar-refractivity contribution in [1.82, 2.24) is 0 Å². The molecule has 1 heterocycles. The van der Waals surface area contributed by atoms with E-state index in [1.807, 2.05) is 13.0 Å². The highest BCUT2D eigenvalue weighted by molar-refractivity contribution is 9.10. The molecule has 19 heavy (non-hydrogen) atoms. The number of rotatable bonds is 3. The van der Waals surface area contributed by atoms with Crippen molar-refractivity contribution in [3.8, 4) is 0 Å². The highest BCUT2D eigenvalue weighted by Gasteiger charge is 2.13. The normalized spacial score (nSPS) is 10.5. The highest BCUT2D eigenvalue weighted by Crippen LogP contribution is 2.25. The number of thiophene rings is 1. The second-order valence-corrected chi connectivity index (χ2v) is 6.20. The van der Waals surface area contributed by atoms with Crippen LogP contribution in [0.2, 0.25) is 0 Å². The third-order valence-corrected chi connectivity index (χ3v) is 4.62. The van der Waals surface area contributed by atoms with Gasteiger partial charge in [0.25, 0.3) is 5.91 Å². The van der Waals surface area contributed by atoms with E-state index < -0.39 is 5.82 Å². The van der Waals surface area contributed by atoms with Gasteiger partial charge >= 0.3 is 0 Å². The van der Waals surface area contributed by atoms with E-state index in [0.717, 1.165) is 12.0 Å². The van der Waals surface area contributed by atoms with Crippen molar-refractivity contribution in [2.24, 2.45) is 0 Å². The van der Waals surface area contributed by atoms with Crippen molar-refractivity contribution >= 4 is 38.9 Å². The molecule has 0 spiro atoms. The molecule has 0 aliphatic heterocycles. The molecule has 2 nitrogen and oxygen atoms in total. The molecular formula is C14H13BrFNOS. The molecule has 0 aliphatic rings. The lowest BCUT2D eigenvalue weighted by molar-refractivity contribution is 0.103. The Kier molecular flexibility index (Phi) is 4.37.